The van der Waals surface area contributed by atoms with E-state index in [1.165, 1.54) is 38.5 Å². The third-order valence-corrected chi connectivity index (χ3v) is 1.82. The van der Waals surface area contributed by atoms with Crippen LogP contribution in [0.2, 0.25) is 0 Å². The minimum Gasteiger partial charge on any atom is -0.0683 e. The van der Waals surface area contributed by atoms with Gasteiger partial charge in [0.2, 0.25) is 0 Å². The molecule has 0 aliphatic heterocycles. The highest BCUT2D eigenvalue weighted by Gasteiger charge is 1.95. The van der Waals surface area contributed by atoms with Crippen molar-refractivity contribution in [1.82, 2.24) is 0 Å². The number of hydrogen-bond donors (Lipinski definition) is 0. The van der Waals surface area contributed by atoms with Crippen LogP contribution < -0.4 is 0 Å². The van der Waals surface area contributed by atoms with Crippen LogP contribution in [-0.4, -0.2) is 0 Å². The Morgan fingerprint density at radius 2 is 0.929 bits per heavy atom. The highest BCUT2D eigenvalue weighted by Crippen LogP contribution is 2.15. The second kappa shape index (κ2) is 23.1. The standard InChI is InChI=1S/C5H12.C4H8.C3H8.C2H6/c1-4-5(2)3;1-2-4-3-1;1-3-2;1-2/h5H,4H2,1-3H3;1-4H2;3H2,1-2H3;1-2H3. The van der Waals surface area contributed by atoms with Crippen molar-refractivity contribution < 1.29 is 0 Å². The van der Waals surface area contributed by atoms with Crippen molar-refractivity contribution >= 4 is 0 Å². The quantitative estimate of drug-likeness (QED) is 0.485. The Morgan fingerprint density at radius 3 is 0.929 bits per heavy atom. The molecule has 0 unspecified atom stereocenters. The largest absolute Gasteiger partial charge is 0.0683 e. The molecule has 1 aliphatic carbocycles. The summed E-state index contributed by atoms with van der Waals surface area (Å²) in [7, 11) is 0. The average molecular weight is 202 g/mol. The molecule has 90 valence electrons. The zero-order valence-electron chi connectivity index (χ0n) is 11.8. The molecule has 0 heteroatoms. The van der Waals surface area contributed by atoms with Gasteiger partial charge in [-0.15, -0.1) is 0 Å². The maximum Gasteiger partial charge on any atom is -0.0474 e. The first-order chi connectivity index (χ1) is 6.68. The normalized spacial score (nSPS) is 12.0. The third-order valence-electron chi connectivity index (χ3n) is 1.82. The highest BCUT2D eigenvalue weighted by atomic mass is 14.0. The lowest BCUT2D eigenvalue weighted by Gasteiger charge is -2.05. The van der Waals surface area contributed by atoms with Crippen LogP contribution in [0.5, 0.6) is 0 Å². The summed E-state index contributed by atoms with van der Waals surface area (Å²) in [4.78, 5) is 0. The third kappa shape index (κ3) is 40.3. The summed E-state index contributed by atoms with van der Waals surface area (Å²) >= 11 is 0. The van der Waals surface area contributed by atoms with Gasteiger partial charge in [-0.25, -0.2) is 0 Å². The Bertz CT molecular complexity index is 47.1. The van der Waals surface area contributed by atoms with Gasteiger partial charge in [0.1, 0.15) is 0 Å². The summed E-state index contributed by atoms with van der Waals surface area (Å²) in [5.74, 6) is 0.884. The van der Waals surface area contributed by atoms with E-state index in [-0.39, 0.29) is 0 Å². The monoisotopic (exact) mass is 202 g/mol. The molecule has 0 aromatic heterocycles. The van der Waals surface area contributed by atoms with Gasteiger partial charge in [0.25, 0.3) is 0 Å². The molecule has 0 heterocycles. The Labute approximate surface area is 93.5 Å². The van der Waals surface area contributed by atoms with E-state index >= 15 is 0 Å². The van der Waals surface area contributed by atoms with Gasteiger partial charge >= 0.3 is 0 Å². The van der Waals surface area contributed by atoms with Crippen molar-refractivity contribution in [3.05, 3.63) is 0 Å². The molecule has 0 saturated heterocycles. The zero-order valence-corrected chi connectivity index (χ0v) is 11.8. The fraction of sp³-hybridized carbons (Fsp3) is 1.00. The molecule has 0 spiro atoms. The van der Waals surface area contributed by atoms with Gasteiger partial charge in [-0.2, -0.15) is 0 Å². The summed E-state index contributed by atoms with van der Waals surface area (Å²) in [5, 5.41) is 0. The molecule has 0 atom stereocenters. The van der Waals surface area contributed by atoms with Crippen molar-refractivity contribution in [1.29, 1.82) is 0 Å². The van der Waals surface area contributed by atoms with Crippen molar-refractivity contribution in [2.24, 2.45) is 5.92 Å². The Kier molecular flexibility index (Phi) is 32.3. The van der Waals surface area contributed by atoms with Gasteiger partial charge in [-0.05, 0) is 5.92 Å². The Hall–Kier alpha value is 0. The SMILES string of the molecule is C1CCC1.CC.CCC.CCC(C)C. The van der Waals surface area contributed by atoms with Crippen LogP contribution in [0.15, 0.2) is 0 Å². The predicted molar refractivity (Wildman–Crippen MR) is 70.9 cm³/mol. The highest BCUT2D eigenvalue weighted by molar-refractivity contribution is 4.50. The molecule has 1 fully saturated rings. The fourth-order valence-corrected chi connectivity index (χ4v) is 0.250. The van der Waals surface area contributed by atoms with Gasteiger partial charge in [0, 0.05) is 0 Å². The maximum atomic E-state index is 2.22. The predicted octanol–water partition coefficient (Wildman–Crippen LogP) is 6.06. The van der Waals surface area contributed by atoms with E-state index in [1.54, 1.807) is 0 Å². The molecule has 0 bridgehead atoms. The summed E-state index contributed by atoms with van der Waals surface area (Å²) in [6.07, 6.45) is 8.56. The van der Waals surface area contributed by atoms with Gasteiger partial charge in [0.15, 0.2) is 0 Å². The molecular weight excluding hydrogens is 168 g/mol. The molecule has 1 saturated carbocycles. The van der Waals surface area contributed by atoms with E-state index in [4.69, 9.17) is 0 Å². The minimum atomic E-state index is 0.884. The summed E-state index contributed by atoms with van der Waals surface area (Å²) < 4.78 is 0. The van der Waals surface area contributed by atoms with E-state index in [2.05, 4.69) is 34.6 Å². The van der Waals surface area contributed by atoms with Crippen molar-refractivity contribution in [2.45, 2.75) is 87.0 Å². The first-order valence-corrected chi connectivity index (χ1v) is 6.68. The van der Waals surface area contributed by atoms with Crippen LogP contribution in [0, 0.1) is 5.92 Å². The Balaban J connectivity index is -0.000000122. The molecule has 14 heavy (non-hydrogen) atoms. The number of hydrogen-bond acceptors (Lipinski definition) is 0. The molecule has 0 aromatic carbocycles. The van der Waals surface area contributed by atoms with Crippen LogP contribution in [0.4, 0.5) is 0 Å². The Morgan fingerprint density at radius 1 is 0.786 bits per heavy atom. The molecule has 1 aliphatic rings. The molecule has 0 aromatic rings. The van der Waals surface area contributed by atoms with Crippen LogP contribution >= 0.6 is 0 Å². The van der Waals surface area contributed by atoms with Crippen molar-refractivity contribution in [3.8, 4) is 0 Å². The second-order valence-electron chi connectivity index (χ2n) is 3.92. The van der Waals surface area contributed by atoms with Crippen molar-refractivity contribution in [3.63, 3.8) is 0 Å². The lowest BCUT2D eigenvalue weighted by atomic mass is 10.0. The van der Waals surface area contributed by atoms with E-state index in [1.807, 2.05) is 13.8 Å². The second-order valence-corrected chi connectivity index (χ2v) is 3.92. The lowest BCUT2D eigenvalue weighted by molar-refractivity contribution is 0.504. The molecular formula is C14H34. The van der Waals surface area contributed by atoms with Crippen LogP contribution in [0.3, 0.4) is 0 Å². The van der Waals surface area contributed by atoms with E-state index in [0.29, 0.717) is 0 Å². The van der Waals surface area contributed by atoms with E-state index in [9.17, 15) is 0 Å². The molecule has 0 amide bonds. The summed E-state index contributed by atoms with van der Waals surface area (Å²) in [5.41, 5.74) is 0. The van der Waals surface area contributed by atoms with Crippen LogP contribution in [0.25, 0.3) is 0 Å². The first kappa shape index (κ1) is 19.6. The first-order valence-electron chi connectivity index (χ1n) is 6.68. The van der Waals surface area contributed by atoms with Gasteiger partial charge < -0.3 is 0 Å². The van der Waals surface area contributed by atoms with Gasteiger partial charge in [0.05, 0.1) is 0 Å². The average Bonchev–Trinajstić information content (AvgIpc) is 2.06. The van der Waals surface area contributed by atoms with E-state index < -0.39 is 0 Å². The van der Waals surface area contributed by atoms with Crippen LogP contribution in [-0.2, 0) is 0 Å². The molecule has 1 rings (SSSR count). The maximum absolute atomic E-state index is 2.22. The fourth-order valence-electron chi connectivity index (χ4n) is 0.250. The zero-order chi connectivity index (χ0) is 11.8. The van der Waals surface area contributed by atoms with Gasteiger partial charge in [-0.1, -0.05) is 87.0 Å². The van der Waals surface area contributed by atoms with E-state index in [0.717, 1.165) is 5.92 Å². The lowest BCUT2D eigenvalue weighted by Crippen LogP contribution is -1.85. The van der Waals surface area contributed by atoms with Crippen LogP contribution in [0.1, 0.15) is 87.0 Å². The number of rotatable bonds is 1. The molecule has 0 N–H and O–H groups in total. The summed E-state index contributed by atoms with van der Waals surface area (Å²) in [6, 6.07) is 0. The minimum absolute atomic E-state index is 0.884. The van der Waals surface area contributed by atoms with Crippen molar-refractivity contribution in [2.75, 3.05) is 0 Å². The summed E-state index contributed by atoms with van der Waals surface area (Å²) in [6.45, 7) is 14.9. The molecule has 0 radical (unpaired) electrons. The topological polar surface area (TPSA) is 0 Å². The smallest absolute Gasteiger partial charge is 0.0474 e. The molecule has 0 nitrogen and oxygen atoms in total. The van der Waals surface area contributed by atoms with Gasteiger partial charge in [-0.3, -0.25) is 0 Å².